The molecule has 0 aromatic rings. The largest absolute Gasteiger partial charge is 0.472 e. The highest BCUT2D eigenvalue weighted by Crippen LogP contribution is 2.43. The fourth-order valence-electron chi connectivity index (χ4n) is 8.29. The number of unbranched alkanes of at least 4 members (excludes halogenated alkanes) is 25. The molecule has 0 fully saturated rings. The summed E-state index contributed by atoms with van der Waals surface area (Å²) in [6.07, 6.45) is 80.4. The van der Waals surface area contributed by atoms with Crippen LogP contribution in [0, 0.1) is 0 Å². The second kappa shape index (κ2) is 54.9. The minimum atomic E-state index is -4.35. The van der Waals surface area contributed by atoms with Gasteiger partial charge in [-0.2, -0.15) is 0 Å². The monoisotopic (exact) mass is 1050 g/mol. The van der Waals surface area contributed by atoms with Crippen molar-refractivity contribution in [1.82, 2.24) is 5.32 Å². The summed E-state index contributed by atoms with van der Waals surface area (Å²) in [7, 11) is 1.56. The van der Waals surface area contributed by atoms with Gasteiger partial charge in [0.1, 0.15) is 13.2 Å². The Hall–Kier alpha value is -2.84. The van der Waals surface area contributed by atoms with Crippen LogP contribution < -0.4 is 5.32 Å². The second-order valence-electron chi connectivity index (χ2n) is 21.3. The van der Waals surface area contributed by atoms with Crippen molar-refractivity contribution in [3.63, 3.8) is 0 Å². The van der Waals surface area contributed by atoms with Crippen LogP contribution in [0.3, 0.4) is 0 Å². The highest BCUT2D eigenvalue weighted by atomic mass is 31.2. The number of nitrogens with zero attached hydrogens (tertiary/aromatic N) is 1. The Kier molecular flexibility index (Phi) is 52.8. The Labute approximate surface area is 457 Å². The Morgan fingerprint density at radius 2 is 0.811 bits per heavy atom. The van der Waals surface area contributed by atoms with Gasteiger partial charge in [-0.25, -0.2) is 4.57 Å². The number of nitrogens with one attached hydrogen (secondary N) is 1. The predicted molar refractivity (Wildman–Crippen MR) is 322 cm³/mol. The van der Waals surface area contributed by atoms with Crippen molar-refractivity contribution in [2.45, 2.75) is 257 Å². The standard InChI is InChI=1S/C65H115N2O6P/c1-6-8-10-12-14-16-18-20-22-24-25-26-27-28-29-30-31-32-33-34-35-36-37-38-39-40-41-43-45-47-49-51-53-55-57-59-65(69)66-63(62-73-74(70,71)72-61-60-67(3,4)5)64(68)58-56-54-52-50-48-46-44-42-23-21-19-17-15-13-11-9-7-2/h8,10,14,16,20,22,25-26,28-29,31-32,34-35,37-38,56,58,63-64,68H,6-7,9,11-13,15,17-19,21,23-24,27,30,33,36,39-55,57,59-62H2,1-5H3,(H-,66,69,70,71)/p+1/b10-8-,16-14-,22-20-,26-25-,29-28-,32-31-,35-34-,38-37-,58-56+. The van der Waals surface area contributed by atoms with E-state index in [0.29, 0.717) is 17.4 Å². The highest BCUT2D eigenvalue weighted by molar-refractivity contribution is 7.47. The Morgan fingerprint density at radius 1 is 0.473 bits per heavy atom. The lowest BCUT2D eigenvalue weighted by atomic mass is 10.0. The third-order valence-electron chi connectivity index (χ3n) is 13.0. The number of carbonyl (C=O) groups is 1. The van der Waals surface area contributed by atoms with E-state index in [2.05, 4.69) is 116 Å². The number of allylic oxidation sites excluding steroid dienone is 17. The van der Waals surface area contributed by atoms with E-state index in [-0.39, 0.29) is 19.1 Å². The molecular weight excluding hydrogens is 936 g/mol. The van der Waals surface area contributed by atoms with Gasteiger partial charge < -0.3 is 19.8 Å². The first kappa shape index (κ1) is 71.2. The first-order valence-corrected chi connectivity index (χ1v) is 31.8. The van der Waals surface area contributed by atoms with Gasteiger partial charge in [0.05, 0.1) is 39.9 Å². The zero-order chi connectivity index (χ0) is 54.2. The quantitative estimate of drug-likeness (QED) is 0.0243. The van der Waals surface area contributed by atoms with Crippen LogP contribution in [-0.2, 0) is 18.4 Å². The molecule has 0 rings (SSSR count). The van der Waals surface area contributed by atoms with E-state index in [0.717, 1.165) is 96.3 Å². The minimum Gasteiger partial charge on any atom is -0.387 e. The number of rotatable bonds is 54. The first-order chi connectivity index (χ1) is 36.0. The highest BCUT2D eigenvalue weighted by Gasteiger charge is 2.27. The molecule has 426 valence electrons. The average molecular weight is 1050 g/mol. The number of phosphoric acid groups is 1. The van der Waals surface area contributed by atoms with E-state index in [1.165, 1.54) is 128 Å². The summed E-state index contributed by atoms with van der Waals surface area (Å²) in [5.74, 6) is -0.185. The Bertz CT molecular complexity index is 1570. The van der Waals surface area contributed by atoms with Gasteiger partial charge in [0, 0.05) is 6.42 Å². The lowest BCUT2D eigenvalue weighted by Gasteiger charge is -2.25. The van der Waals surface area contributed by atoms with E-state index in [4.69, 9.17) is 9.05 Å². The van der Waals surface area contributed by atoms with Gasteiger partial charge >= 0.3 is 7.82 Å². The molecule has 74 heavy (non-hydrogen) atoms. The van der Waals surface area contributed by atoms with E-state index in [9.17, 15) is 19.4 Å². The van der Waals surface area contributed by atoms with Crippen molar-refractivity contribution in [3.05, 3.63) is 109 Å². The molecule has 0 heterocycles. The van der Waals surface area contributed by atoms with Crippen LogP contribution >= 0.6 is 7.82 Å². The average Bonchev–Trinajstić information content (AvgIpc) is 3.36. The van der Waals surface area contributed by atoms with E-state index in [1.807, 2.05) is 27.2 Å². The molecule has 0 bridgehead atoms. The van der Waals surface area contributed by atoms with Crippen LogP contribution in [0.15, 0.2) is 109 Å². The molecule has 0 aromatic heterocycles. The fourth-order valence-corrected chi connectivity index (χ4v) is 9.03. The normalized spacial score (nSPS) is 14.6. The molecule has 9 heteroatoms. The number of quaternary nitrogens is 1. The summed E-state index contributed by atoms with van der Waals surface area (Å²) in [6, 6.07) is -0.856. The molecule has 8 nitrogen and oxygen atoms in total. The third kappa shape index (κ3) is 56.9. The third-order valence-corrected chi connectivity index (χ3v) is 14.0. The summed E-state index contributed by atoms with van der Waals surface area (Å²) in [4.78, 5) is 23.3. The van der Waals surface area contributed by atoms with Gasteiger partial charge in [-0.15, -0.1) is 0 Å². The van der Waals surface area contributed by atoms with Crippen LogP contribution in [0.2, 0.25) is 0 Å². The van der Waals surface area contributed by atoms with Crippen molar-refractivity contribution < 1.29 is 32.9 Å². The summed E-state index contributed by atoms with van der Waals surface area (Å²) in [5.41, 5.74) is 0. The van der Waals surface area contributed by atoms with Crippen LogP contribution in [-0.4, -0.2) is 73.4 Å². The topological polar surface area (TPSA) is 105 Å². The van der Waals surface area contributed by atoms with Gasteiger partial charge in [-0.3, -0.25) is 13.8 Å². The molecule has 0 radical (unpaired) electrons. The molecule has 0 aliphatic carbocycles. The maximum atomic E-state index is 13.0. The molecule has 0 aliphatic rings. The van der Waals surface area contributed by atoms with Crippen molar-refractivity contribution in [2.24, 2.45) is 0 Å². The summed E-state index contributed by atoms with van der Waals surface area (Å²) >= 11 is 0. The van der Waals surface area contributed by atoms with Crippen molar-refractivity contribution in [3.8, 4) is 0 Å². The number of phosphoric ester groups is 1. The molecule has 1 amide bonds. The van der Waals surface area contributed by atoms with Gasteiger partial charge in [-0.05, 0) is 83.5 Å². The van der Waals surface area contributed by atoms with Crippen LogP contribution in [0.5, 0.6) is 0 Å². The molecule has 3 unspecified atom stereocenters. The number of hydrogen-bond acceptors (Lipinski definition) is 5. The molecule has 0 spiro atoms. The zero-order valence-electron chi connectivity index (χ0n) is 48.5. The van der Waals surface area contributed by atoms with Crippen molar-refractivity contribution in [1.29, 1.82) is 0 Å². The van der Waals surface area contributed by atoms with Crippen molar-refractivity contribution >= 4 is 13.7 Å². The summed E-state index contributed by atoms with van der Waals surface area (Å²) < 4.78 is 23.7. The van der Waals surface area contributed by atoms with E-state index >= 15 is 0 Å². The summed E-state index contributed by atoms with van der Waals surface area (Å²) in [5, 5.41) is 13.9. The molecule has 0 saturated carbocycles. The summed E-state index contributed by atoms with van der Waals surface area (Å²) in [6.45, 7) is 4.70. The van der Waals surface area contributed by atoms with Crippen LogP contribution in [0.25, 0.3) is 0 Å². The Balaban J connectivity index is 4.16. The zero-order valence-corrected chi connectivity index (χ0v) is 49.4. The number of likely N-dealkylation sites (N-methyl/N-ethyl adjacent to an activating group) is 1. The molecule has 3 N–H and O–H groups in total. The SMILES string of the molecule is CC/C=C\C/C=C\C/C=C\C/C=C\C/C=C\C/C=C\C/C=C\C/C=C\CCCCCCCCCCCCC(=O)NC(COP(=O)(O)OCC[N+](C)(C)C)C(O)/C=C/CCCCCCCCCCCCCCCCC. The lowest BCUT2D eigenvalue weighted by molar-refractivity contribution is -0.870. The van der Waals surface area contributed by atoms with Crippen molar-refractivity contribution in [2.75, 3.05) is 40.9 Å². The molecular formula is C65H116N2O6P+. The fraction of sp³-hybridized carbons (Fsp3) is 0.708. The van der Waals surface area contributed by atoms with Gasteiger partial charge in [0.15, 0.2) is 0 Å². The molecule has 3 atom stereocenters. The lowest BCUT2D eigenvalue weighted by Crippen LogP contribution is -2.45. The molecule has 0 saturated heterocycles. The smallest absolute Gasteiger partial charge is 0.387 e. The molecule has 0 aromatic carbocycles. The molecule has 0 aliphatic heterocycles. The van der Waals surface area contributed by atoms with Gasteiger partial charge in [-0.1, -0.05) is 264 Å². The van der Waals surface area contributed by atoms with Crippen LogP contribution in [0.4, 0.5) is 0 Å². The van der Waals surface area contributed by atoms with Gasteiger partial charge in [0.25, 0.3) is 0 Å². The van der Waals surface area contributed by atoms with Crippen LogP contribution in [0.1, 0.15) is 245 Å². The maximum Gasteiger partial charge on any atom is 0.472 e. The number of amides is 1. The Morgan fingerprint density at radius 3 is 1.19 bits per heavy atom. The first-order valence-electron chi connectivity index (χ1n) is 30.3. The number of carbonyl (C=O) groups excluding carboxylic acids is 1. The van der Waals surface area contributed by atoms with Gasteiger partial charge in [0.2, 0.25) is 5.91 Å². The predicted octanol–water partition coefficient (Wildman–Crippen LogP) is 18.8. The van der Waals surface area contributed by atoms with E-state index in [1.54, 1.807) is 6.08 Å². The number of aliphatic hydroxyl groups excluding tert-OH is 1. The van der Waals surface area contributed by atoms with E-state index < -0.39 is 20.0 Å². The number of aliphatic hydroxyl groups is 1. The number of hydrogen-bond donors (Lipinski definition) is 3. The minimum absolute atomic E-state index is 0.0562. The maximum absolute atomic E-state index is 13.0. The second-order valence-corrected chi connectivity index (χ2v) is 22.8.